The van der Waals surface area contributed by atoms with E-state index < -0.39 is 0 Å². The highest BCUT2D eigenvalue weighted by Crippen LogP contribution is 2.25. The zero-order valence-electron chi connectivity index (χ0n) is 11.0. The minimum Gasteiger partial charge on any atom is -0.507 e. The predicted octanol–water partition coefficient (Wildman–Crippen LogP) is 3.38. The normalized spacial score (nSPS) is 10.8. The zero-order valence-corrected chi connectivity index (χ0v) is 14.1. The van der Waals surface area contributed by atoms with Crippen LogP contribution in [0.4, 0.5) is 0 Å². The van der Waals surface area contributed by atoms with Gasteiger partial charge in [-0.1, -0.05) is 15.9 Å². The molecule has 0 aliphatic rings. The standard InChI is InChI=1S/C14H11Br2N3O2/c1-8-2-11(15)3-9(13(8)20)6-18-19-14(21)10-4-12(16)7-17-5-10/h2-7,20H,1H3,(H,19,21)/b18-6-. The molecule has 1 aromatic carbocycles. The number of phenolic OH excluding ortho intramolecular Hbond substituents is 1. The quantitative estimate of drug-likeness (QED) is 0.599. The minimum absolute atomic E-state index is 0.125. The number of carbonyl (C=O) groups is 1. The number of aryl methyl sites for hydroxylation is 1. The number of phenols is 1. The van der Waals surface area contributed by atoms with Crippen LogP contribution in [0.3, 0.4) is 0 Å². The first kappa shape index (κ1) is 15.7. The van der Waals surface area contributed by atoms with Crippen LogP contribution in [0.25, 0.3) is 0 Å². The smallest absolute Gasteiger partial charge is 0.272 e. The van der Waals surface area contributed by atoms with Crippen molar-refractivity contribution >= 4 is 44.0 Å². The van der Waals surface area contributed by atoms with Gasteiger partial charge in [0.2, 0.25) is 0 Å². The van der Waals surface area contributed by atoms with E-state index in [0.717, 1.165) is 4.47 Å². The number of carbonyl (C=O) groups excluding carboxylic acids is 1. The molecule has 0 aliphatic heterocycles. The highest BCUT2D eigenvalue weighted by Gasteiger charge is 2.06. The van der Waals surface area contributed by atoms with Gasteiger partial charge in [-0.05, 0) is 46.6 Å². The Morgan fingerprint density at radius 1 is 1.29 bits per heavy atom. The van der Waals surface area contributed by atoms with Crippen LogP contribution >= 0.6 is 31.9 Å². The van der Waals surface area contributed by atoms with Crippen molar-refractivity contribution in [2.75, 3.05) is 0 Å². The maximum atomic E-state index is 11.8. The fourth-order valence-electron chi connectivity index (χ4n) is 1.62. The Morgan fingerprint density at radius 2 is 2.05 bits per heavy atom. The Balaban J connectivity index is 2.11. The molecular formula is C14H11Br2N3O2. The Morgan fingerprint density at radius 3 is 2.76 bits per heavy atom. The SMILES string of the molecule is Cc1cc(Br)cc(/C=N\NC(=O)c2cncc(Br)c2)c1O. The highest BCUT2D eigenvalue weighted by atomic mass is 79.9. The summed E-state index contributed by atoms with van der Waals surface area (Å²) in [7, 11) is 0. The van der Waals surface area contributed by atoms with E-state index in [9.17, 15) is 9.90 Å². The predicted molar refractivity (Wildman–Crippen MR) is 87.5 cm³/mol. The summed E-state index contributed by atoms with van der Waals surface area (Å²) in [4.78, 5) is 15.8. The number of halogens is 2. The average Bonchev–Trinajstić information content (AvgIpc) is 2.43. The van der Waals surface area contributed by atoms with Crippen molar-refractivity contribution in [1.82, 2.24) is 10.4 Å². The summed E-state index contributed by atoms with van der Waals surface area (Å²) >= 11 is 6.58. The number of rotatable bonds is 3. The fourth-order valence-corrected chi connectivity index (χ4v) is 2.58. The topological polar surface area (TPSA) is 74.6 Å². The summed E-state index contributed by atoms with van der Waals surface area (Å²) in [6.07, 6.45) is 4.41. The van der Waals surface area contributed by atoms with Gasteiger partial charge in [-0.2, -0.15) is 5.10 Å². The van der Waals surface area contributed by atoms with Crippen LogP contribution in [0, 0.1) is 6.92 Å². The van der Waals surface area contributed by atoms with Gasteiger partial charge in [0, 0.05) is 26.9 Å². The maximum absolute atomic E-state index is 11.8. The van der Waals surface area contributed by atoms with Crippen molar-refractivity contribution in [1.29, 1.82) is 0 Å². The second-order valence-corrected chi connectivity index (χ2v) is 6.08. The first-order valence-corrected chi connectivity index (χ1v) is 7.49. The molecule has 2 aromatic rings. The summed E-state index contributed by atoms with van der Waals surface area (Å²) in [5.74, 6) is -0.258. The molecule has 2 N–H and O–H groups in total. The molecule has 0 radical (unpaired) electrons. The van der Waals surface area contributed by atoms with Gasteiger partial charge in [-0.3, -0.25) is 9.78 Å². The number of hydrogen-bond donors (Lipinski definition) is 2. The Bertz CT molecular complexity index is 717. The number of hydrazone groups is 1. The van der Waals surface area contributed by atoms with Crippen LogP contribution in [0.2, 0.25) is 0 Å². The van der Waals surface area contributed by atoms with Crippen LogP contribution in [-0.4, -0.2) is 22.2 Å². The molecular weight excluding hydrogens is 402 g/mol. The molecule has 1 amide bonds. The number of hydrogen-bond acceptors (Lipinski definition) is 4. The van der Waals surface area contributed by atoms with E-state index in [1.165, 1.54) is 12.4 Å². The Hall–Kier alpha value is -1.73. The molecule has 2 rings (SSSR count). The van der Waals surface area contributed by atoms with E-state index >= 15 is 0 Å². The lowest BCUT2D eigenvalue weighted by Gasteiger charge is -2.04. The van der Waals surface area contributed by atoms with Crippen LogP contribution in [0.15, 0.2) is 44.6 Å². The fraction of sp³-hybridized carbons (Fsp3) is 0.0714. The number of pyridine rings is 1. The molecule has 7 heteroatoms. The summed E-state index contributed by atoms with van der Waals surface area (Å²) in [5, 5.41) is 13.7. The van der Waals surface area contributed by atoms with Crippen molar-refractivity contribution in [3.8, 4) is 5.75 Å². The molecule has 0 bridgehead atoms. The molecule has 1 heterocycles. The van der Waals surface area contributed by atoms with Crippen molar-refractivity contribution in [2.45, 2.75) is 6.92 Å². The van der Waals surface area contributed by atoms with Gasteiger partial charge in [-0.25, -0.2) is 5.43 Å². The molecule has 0 fully saturated rings. The third-order valence-electron chi connectivity index (χ3n) is 2.63. The van der Waals surface area contributed by atoms with Crippen LogP contribution < -0.4 is 5.43 Å². The summed E-state index contributed by atoms with van der Waals surface area (Å²) in [5.41, 5.74) is 3.99. The van der Waals surface area contributed by atoms with E-state index in [-0.39, 0.29) is 11.7 Å². The summed E-state index contributed by atoms with van der Waals surface area (Å²) in [6, 6.07) is 5.13. The molecule has 5 nitrogen and oxygen atoms in total. The highest BCUT2D eigenvalue weighted by molar-refractivity contribution is 9.10. The summed E-state index contributed by atoms with van der Waals surface area (Å²) in [6.45, 7) is 1.78. The first-order chi connectivity index (χ1) is 9.97. The van der Waals surface area contributed by atoms with E-state index in [4.69, 9.17) is 0 Å². The van der Waals surface area contributed by atoms with Crippen molar-refractivity contribution in [3.63, 3.8) is 0 Å². The number of amides is 1. The molecule has 0 unspecified atom stereocenters. The van der Waals surface area contributed by atoms with Crippen LogP contribution in [0.5, 0.6) is 5.75 Å². The van der Waals surface area contributed by atoms with Gasteiger partial charge in [0.1, 0.15) is 5.75 Å². The Kier molecular flexibility index (Phi) is 5.08. The van der Waals surface area contributed by atoms with Gasteiger partial charge >= 0.3 is 0 Å². The third kappa shape index (κ3) is 4.12. The number of nitrogens with one attached hydrogen (secondary N) is 1. The number of nitrogens with zero attached hydrogens (tertiary/aromatic N) is 2. The lowest BCUT2D eigenvalue weighted by atomic mass is 10.1. The molecule has 21 heavy (non-hydrogen) atoms. The number of aromatic hydroxyl groups is 1. The molecule has 0 spiro atoms. The maximum Gasteiger partial charge on any atom is 0.272 e. The van der Waals surface area contributed by atoms with Crippen molar-refractivity contribution in [2.24, 2.45) is 5.10 Å². The molecule has 108 valence electrons. The minimum atomic E-state index is -0.383. The van der Waals surface area contributed by atoms with Crippen LogP contribution in [-0.2, 0) is 0 Å². The summed E-state index contributed by atoms with van der Waals surface area (Å²) < 4.78 is 1.53. The van der Waals surface area contributed by atoms with Gasteiger partial charge in [0.25, 0.3) is 5.91 Å². The zero-order chi connectivity index (χ0) is 15.4. The third-order valence-corrected chi connectivity index (χ3v) is 3.52. The van der Waals surface area contributed by atoms with E-state index in [0.29, 0.717) is 21.2 Å². The molecule has 0 aliphatic carbocycles. The number of benzene rings is 1. The number of aromatic nitrogens is 1. The van der Waals surface area contributed by atoms with Crippen molar-refractivity contribution < 1.29 is 9.90 Å². The van der Waals surface area contributed by atoms with E-state index in [1.54, 1.807) is 31.3 Å². The van der Waals surface area contributed by atoms with Gasteiger partial charge < -0.3 is 5.11 Å². The van der Waals surface area contributed by atoms with Crippen molar-refractivity contribution in [3.05, 3.63) is 56.2 Å². The second-order valence-electron chi connectivity index (χ2n) is 4.25. The average molecular weight is 413 g/mol. The second kappa shape index (κ2) is 6.82. The largest absolute Gasteiger partial charge is 0.507 e. The van der Waals surface area contributed by atoms with E-state index in [2.05, 4.69) is 47.4 Å². The lowest BCUT2D eigenvalue weighted by Crippen LogP contribution is -2.17. The Labute approximate surface area is 138 Å². The molecule has 0 saturated carbocycles. The van der Waals surface area contributed by atoms with E-state index in [1.807, 2.05) is 0 Å². The van der Waals surface area contributed by atoms with Gasteiger partial charge in [-0.15, -0.1) is 0 Å². The molecule has 0 atom stereocenters. The van der Waals surface area contributed by atoms with Gasteiger partial charge in [0.05, 0.1) is 11.8 Å². The lowest BCUT2D eigenvalue weighted by molar-refractivity contribution is 0.0954. The van der Waals surface area contributed by atoms with Crippen LogP contribution in [0.1, 0.15) is 21.5 Å². The molecule has 0 saturated heterocycles. The van der Waals surface area contributed by atoms with Gasteiger partial charge in [0.15, 0.2) is 0 Å². The molecule has 1 aromatic heterocycles. The monoisotopic (exact) mass is 411 g/mol. The first-order valence-electron chi connectivity index (χ1n) is 5.90.